The van der Waals surface area contributed by atoms with Crippen LogP contribution in [0.3, 0.4) is 0 Å². The van der Waals surface area contributed by atoms with Crippen molar-refractivity contribution in [2.45, 2.75) is 52.2 Å². The molecule has 1 spiro atoms. The van der Waals surface area contributed by atoms with E-state index in [0.717, 1.165) is 6.61 Å². The van der Waals surface area contributed by atoms with Crippen LogP contribution in [0.15, 0.2) is 0 Å². The minimum Gasteiger partial charge on any atom is -0.378 e. The van der Waals surface area contributed by atoms with E-state index in [1.807, 2.05) is 0 Å². The maximum atomic E-state index is 5.72. The summed E-state index contributed by atoms with van der Waals surface area (Å²) in [6.45, 7) is 10.4. The summed E-state index contributed by atoms with van der Waals surface area (Å²) in [5.41, 5.74) is 0.546. The molecule has 2 heterocycles. The van der Waals surface area contributed by atoms with Gasteiger partial charge in [0.1, 0.15) is 0 Å². The van der Waals surface area contributed by atoms with Gasteiger partial charge >= 0.3 is 0 Å². The van der Waals surface area contributed by atoms with Gasteiger partial charge in [0, 0.05) is 6.04 Å². The molecule has 2 nitrogen and oxygen atoms in total. The van der Waals surface area contributed by atoms with Crippen molar-refractivity contribution in [2.75, 3.05) is 19.7 Å². The molecule has 82 valence electrons. The van der Waals surface area contributed by atoms with E-state index < -0.39 is 0 Å². The smallest absolute Gasteiger partial charge is 0.0553 e. The van der Waals surface area contributed by atoms with E-state index in [1.54, 1.807) is 0 Å². The minimum atomic E-state index is 0.501. The molecule has 2 saturated heterocycles. The third-order valence-corrected chi connectivity index (χ3v) is 3.98. The maximum absolute atomic E-state index is 5.72. The molecule has 0 amide bonds. The fraction of sp³-hybridized carbons (Fsp3) is 1.00. The zero-order chi connectivity index (χ0) is 10.2. The second-order valence-corrected chi connectivity index (χ2v) is 5.46. The van der Waals surface area contributed by atoms with Gasteiger partial charge in [-0.3, -0.25) is 0 Å². The van der Waals surface area contributed by atoms with Gasteiger partial charge in [-0.05, 0) is 58.5 Å². The van der Waals surface area contributed by atoms with Crippen LogP contribution in [-0.4, -0.2) is 36.7 Å². The van der Waals surface area contributed by atoms with Crippen LogP contribution in [0.25, 0.3) is 0 Å². The number of rotatable bonds is 1. The molecule has 1 atom stereocenters. The lowest BCUT2D eigenvalue weighted by Gasteiger charge is -2.40. The molecule has 0 radical (unpaired) electrons. The Kier molecular flexibility index (Phi) is 2.85. The molecule has 0 bridgehead atoms. The molecule has 0 N–H and O–H groups in total. The quantitative estimate of drug-likeness (QED) is 0.639. The van der Waals surface area contributed by atoms with E-state index in [-0.39, 0.29) is 0 Å². The first kappa shape index (κ1) is 10.4. The number of ether oxygens (including phenoxy) is 1. The molecule has 0 aromatic carbocycles. The van der Waals surface area contributed by atoms with Crippen LogP contribution < -0.4 is 0 Å². The van der Waals surface area contributed by atoms with Crippen LogP contribution in [0.5, 0.6) is 0 Å². The van der Waals surface area contributed by atoms with Crippen LogP contribution in [0.4, 0.5) is 0 Å². The van der Waals surface area contributed by atoms with Gasteiger partial charge in [0.25, 0.3) is 0 Å². The Bertz CT molecular complexity index is 194. The molecular weight excluding hydrogens is 174 g/mol. The highest BCUT2D eigenvalue weighted by Crippen LogP contribution is 2.41. The van der Waals surface area contributed by atoms with Crippen molar-refractivity contribution in [3.05, 3.63) is 0 Å². The third kappa shape index (κ3) is 1.96. The molecule has 14 heavy (non-hydrogen) atoms. The Balaban J connectivity index is 1.89. The fourth-order valence-electron chi connectivity index (χ4n) is 2.91. The van der Waals surface area contributed by atoms with Gasteiger partial charge in [-0.15, -0.1) is 0 Å². The van der Waals surface area contributed by atoms with Gasteiger partial charge in [0.15, 0.2) is 0 Å². The van der Waals surface area contributed by atoms with E-state index >= 15 is 0 Å². The summed E-state index contributed by atoms with van der Waals surface area (Å²) in [7, 11) is 0. The average molecular weight is 197 g/mol. The van der Waals surface area contributed by atoms with E-state index in [2.05, 4.69) is 25.7 Å². The van der Waals surface area contributed by atoms with Gasteiger partial charge in [-0.2, -0.15) is 0 Å². The normalized spacial score (nSPS) is 33.0. The van der Waals surface area contributed by atoms with Crippen molar-refractivity contribution in [1.82, 2.24) is 4.90 Å². The summed E-state index contributed by atoms with van der Waals surface area (Å²) in [6.07, 6.45) is 4.48. The van der Waals surface area contributed by atoms with Crippen LogP contribution in [0.1, 0.15) is 40.0 Å². The minimum absolute atomic E-state index is 0.501. The van der Waals surface area contributed by atoms with Crippen LogP contribution >= 0.6 is 0 Å². The van der Waals surface area contributed by atoms with Crippen molar-refractivity contribution in [1.29, 1.82) is 0 Å². The fourth-order valence-corrected chi connectivity index (χ4v) is 2.91. The highest BCUT2D eigenvalue weighted by Gasteiger charge is 2.40. The van der Waals surface area contributed by atoms with E-state index in [4.69, 9.17) is 4.74 Å². The van der Waals surface area contributed by atoms with Crippen molar-refractivity contribution < 1.29 is 4.74 Å². The number of piperidine rings is 1. The molecule has 2 fully saturated rings. The lowest BCUT2D eigenvalue weighted by molar-refractivity contribution is 0.0587. The number of nitrogens with zero attached hydrogens (tertiary/aromatic N) is 1. The molecule has 0 aromatic heterocycles. The van der Waals surface area contributed by atoms with Crippen molar-refractivity contribution in [2.24, 2.45) is 5.41 Å². The highest BCUT2D eigenvalue weighted by molar-refractivity contribution is 4.91. The first-order valence-electron chi connectivity index (χ1n) is 5.97. The second kappa shape index (κ2) is 3.82. The Labute approximate surface area is 87.6 Å². The Hall–Kier alpha value is -0.0800. The largest absolute Gasteiger partial charge is 0.378 e. The predicted molar refractivity (Wildman–Crippen MR) is 58.4 cm³/mol. The van der Waals surface area contributed by atoms with Gasteiger partial charge < -0.3 is 9.64 Å². The summed E-state index contributed by atoms with van der Waals surface area (Å²) in [5, 5.41) is 0. The Morgan fingerprint density at radius 2 is 1.93 bits per heavy atom. The lowest BCUT2D eigenvalue weighted by atomic mass is 9.76. The van der Waals surface area contributed by atoms with Gasteiger partial charge in [-0.25, -0.2) is 0 Å². The third-order valence-electron chi connectivity index (χ3n) is 3.98. The molecule has 0 aromatic rings. The van der Waals surface area contributed by atoms with Crippen LogP contribution in [-0.2, 0) is 4.74 Å². The molecule has 2 aliphatic rings. The van der Waals surface area contributed by atoms with E-state index in [0.29, 0.717) is 17.6 Å². The topological polar surface area (TPSA) is 12.5 Å². The predicted octanol–water partition coefficient (Wildman–Crippen LogP) is 2.29. The molecule has 2 aliphatic heterocycles. The molecular formula is C12H23NO. The molecule has 2 heteroatoms. The maximum Gasteiger partial charge on any atom is 0.0553 e. The summed E-state index contributed by atoms with van der Waals surface area (Å²) in [5.74, 6) is 0. The number of hydrogen-bond acceptors (Lipinski definition) is 2. The monoisotopic (exact) mass is 197 g/mol. The van der Waals surface area contributed by atoms with E-state index in [9.17, 15) is 0 Å². The zero-order valence-corrected chi connectivity index (χ0v) is 9.75. The summed E-state index contributed by atoms with van der Waals surface area (Å²) in [4.78, 5) is 2.59. The number of hydrogen-bond donors (Lipinski definition) is 0. The first-order chi connectivity index (χ1) is 6.61. The first-order valence-corrected chi connectivity index (χ1v) is 5.97. The molecule has 0 aliphatic carbocycles. The van der Waals surface area contributed by atoms with Crippen molar-refractivity contribution in [3.63, 3.8) is 0 Å². The van der Waals surface area contributed by atoms with Gasteiger partial charge in [0.2, 0.25) is 0 Å². The molecule has 1 unspecified atom stereocenters. The Morgan fingerprint density at radius 3 is 2.36 bits per heavy atom. The Morgan fingerprint density at radius 1 is 1.29 bits per heavy atom. The van der Waals surface area contributed by atoms with Gasteiger partial charge in [-0.1, -0.05) is 0 Å². The zero-order valence-electron chi connectivity index (χ0n) is 9.75. The average Bonchev–Trinajstić information content (AvgIpc) is 2.48. The second-order valence-electron chi connectivity index (χ2n) is 5.46. The van der Waals surface area contributed by atoms with Crippen molar-refractivity contribution >= 4 is 0 Å². The van der Waals surface area contributed by atoms with Crippen LogP contribution in [0, 0.1) is 5.41 Å². The summed E-state index contributed by atoms with van der Waals surface area (Å²) in [6, 6.07) is 0.715. The molecule has 2 rings (SSSR count). The highest BCUT2D eigenvalue weighted by atomic mass is 16.5. The number of likely N-dealkylation sites (tertiary alicyclic amines) is 1. The standard InChI is InChI=1S/C12H23NO/c1-10(2)13-6-4-12(5-7-13)8-11(3)14-9-12/h10-11H,4-9H2,1-3H3. The van der Waals surface area contributed by atoms with Crippen LogP contribution in [0.2, 0.25) is 0 Å². The SMILES string of the molecule is CC1CC2(CCN(C(C)C)CC2)CO1. The lowest BCUT2D eigenvalue weighted by Crippen LogP contribution is -2.43. The summed E-state index contributed by atoms with van der Waals surface area (Å²) >= 11 is 0. The molecule has 0 saturated carbocycles. The van der Waals surface area contributed by atoms with Gasteiger partial charge in [0.05, 0.1) is 12.7 Å². The summed E-state index contributed by atoms with van der Waals surface area (Å²) < 4.78 is 5.72. The van der Waals surface area contributed by atoms with E-state index in [1.165, 1.54) is 32.4 Å². The van der Waals surface area contributed by atoms with Crippen molar-refractivity contribution in [3.8, 4) is 0 Å².